The second kappa shape index (κ2) is 11.1. The summed E-state index contributed by atoms with van der Waals surface area (Å²) in [6, 6.07) is 0. The lowest BCUT2D eigenvalue weighted by molar-refractivity contribution is -0.451. The molecule has 0 unspecified atom stereocenters. The van der Waals surface area contributed by atoms with Crippen LogP contribution < -0.4 is 0 Å². The van der Waals surface area contributed by atoms with E-state index in [4.69, 9.17) is 0 Å². The smallest absolute Gasteiger partial charge is 0.351 e. The molecule has 2 nitrogen and oxygen atoms in total. The Kier molecular flexibility index (Phi) is 9.75. The van der Waals surface area contributed by atoms with Gasteiger partial charge in [-0.3, -0.25) is 0 Å². The van der Waals surface area contributed by atoms with Gasteiger partial charge in [-0.15, -0.1) is 0 Å². The molecule has 0 fully saturated rings. The van der Waals surface area contributed by atoms with Gasteiger partial charge >= 0.3 is 71.6 Å². The van der Waals surface area contributed by atoms with Crippen LogP contribution in [0.4, 0.5) is 114 Å². The van der Waals surface area contributed by atoms with Crippen molar-refractivity contribution >= 4 is 0 Å². The summed E-state index contributed by atoms with van der Waals surface area (Å²) in [5.41, 5.74) is -16.2. The average Bonchev–Trinajstić information content (AvgIpc) is 3.45. The van der Waals surface area contributed by atoms with E-state index in [9.17, 15) is 96.6 Å². The van der Waals surface area contributed by atoms with Gasteiger partial charge in [-0.25, -0.2) is 0 Å². The Labute approximate surface area is 270 Å². The zero-order valence-electron chi connectivity index (χ0n) is 25.0. The van der Waals surface area contributed by atoms with Crippen molar-refractivity contribution in [2.24, 2.45) is 0 Å². The van der Waals surface area contributed by atoms with Gasteiger partial charge in [0.2, 0.25) is 0 Å². The van der Waals surface area contributed by atoms with Crippen LogP contribution in [0.5, 0.6) is 0 Å². The zero-order valence-corrected chi connectivity index (χ0v) is 25.0. The van der Waals surface area contributed by atoms with Crippen LogP contribution in [0.3, 0.4) is 0 Å². The van der Waals surface area contributed by atoms with Gasteiger partial charge in [0.25, 0.3) is 0 Å². The summed E-state index contributed by atoms with van der Waals surface area (Å²) >= 11 is 0. The van der Waals surface area contributed by atoms with Gasteiger partial charge in [0.15, 0.2) is 11.2 Å². The topological polar surface area (TPSA) is 18.5 Å². The SMILES string of the molecule is C[C@]1(C(F)(F)C(F)(F)C(F)(F)C(F)(F)C(F)(F)C(F)(F)F)C=C[C@@](C)([C@]2(C)C=C[C@@](C)(C(F)(F)C(F)(F)C(F)(F)C(F)(F)C(F)(F)C(F)(F)F)O2)O1. The van der Waals surface area contributed by atoms with Crippen LogP contribution in [-0.4, -0.2) is 94.0 Å². The first kappa shape index (κ1) is 45.7. The molecule has 52 heavy (non-hydrogen) atoms. The van der Waals surface area contributed by atoms with Crippen molar-refractivity contribution in [1.29, 1.82) is 0 Å². The molecule has 0 N–H and O–H groups in total. The highest BCUT2D eigenvalue weighted by molar-refractivity contribution is 5.35. The summed E-state index contributed by atoms with van der Waals surface area (Å²) in [7, 11) is 0. The van der Waals surface area contributed by atoms with Gasteiger partial charge in [0, 0.05) is 0 Å². The quantitative estimate of drug-likeness (QED) is 0.153. The molecule has 4 atom stereocenters. The van der Waals surface area contributed by atoms with Gasteiger partial charge in [-0.05, 0) is 39.8 Å². The van der Waals surface area contributed by atoms with Gasteiger partial charge in [0.1, 0.15) is 11.2 Å². The number of alkyl halides is 26. The van der Waals surface area contributed by atoms with E-state index in [0.717, 1.165) is 0 Å². The molecule has 0 amide bonds. The average molecular weight is 830 g/mol. The van der Waals surface area contributed by atoms with Gasteiger partial charge in [-0.1, -0.05) is 12.2 Å². The highest BCUT2D eigenvalue weighted by atomic mass is 19.4. The molecule has 0 aliphatic carbocycles. The first-order valence-electron chi connectivity index (χ1n) is 12.8. The van der Waals surface area contributed by atoms with Crippen LogP contribution in [0.25, 0.3) is 0 Å². The first-order valence-corrected chi connectivity index (χ1v) is 12.8. The largest absolute Gasteiger partial charge is 0.460 e. The summed E-state index contributed by atoms with van der Waals surface area (Å²) in [6.07, 6.45) is -17.1. The van der Waals surface area contributed by atoms with E-state index < -0.39 is 120 Å². The first-order chi connectivity index (χ1) is 22.1. The predicted octanol–water partition coefficient (Wildman–Crippen LogP) is 10.7. The molecule has 2 aliphatic rings. The van der Waals surface area contributed by atoms with E-state index in [2.05, 4.69) is 9.47 Å². The van der Waals surface area contributed by atoms with Crippen LogP contribution in [0, 0.1) is 0 Å². The van der Waals surface area contributed by atoms with Gasteiger partial charge in [0.05, 0.1) is 0 Å². The Morgan fingerprint density at radius 2 is 0.481 bits per heavy atom. The molecule has 0 aromatic rings. The molecule has 0 saturated heterocycles. The molecule has 0 radical (unpaired) electrons. The van der Waals surface area contributed by atoms with Crippen molar-refractivity contribution in [1.82, 2.24) is 0 Å². The van der Waals surface area contributed by atoms with Crippen molar-refractivity contribution in [3.05, 3.63) is 24.3 Å². The van der Waals surface area contributed by atoms with Crippen molar-refractivity contribution in [2.75, 3.05) is 0 Å². The standard InChI is InChI=1S/C24H16F26O2/c1-9(5-7-11(3,51-9)13(25,26)15(29,30)17(33,34)19(37,38)21(41,42)23(45,46)47)10(2)6-8-12(4,52-10)14(27,28)16(31,32)18(35,36)20(39,40)22(43,44)24(48,49)50/h5-8H,1-4H3/t9-,10-,11-,12+/m0/s1. The Hall–Kier alpha value is -2.42. The minimum absolute atomic E-state index is 0.145. The second-order valence-corrected chi connectivity index (χ2v) is 12.0. The van der Waals surface area contributed by atoms with E-state index >= 15 is 17.6 Å². The molecule has 2 aliphatic heterocycles. The number of halogens is 26. The second-order valence-electron chi connectivity index (χ2n) is 12.0. The van der Waals surface area contributed by atoms with Crippen LogP contribution in [0.2, 0.25) is 0 Å². The van der Waals surface area contributed by atoms with E-state index in [0.29, 0.717) is 0 Å². The summed E-state index contributed by atoms with van der Waals surface area (Å²) < 4.78 is 365. The number of ether oxygens (including phenoxy) is 2. The fourth-order valence-corrected chi connectivity index (χ4v) is 4.69. The minimum Gasteiger partial charge on any atom is -0.351 e. The van der Waals surface area contributed by atoms with Crippen LogP contribution in [0.15, 0.2) is 24.3 Å². The fraction of sp³-hybridized carbons (Fsp3) is 0.833. The van der Waals surface area contributed by atoms with Crippen molar-refractivity contribution in [3.8, 4) is 0 Å². The summed E-state index contributed by atoms with van der Waals surface area (Å²) in [4.78, 5) is 0. The normalized spacial score (nSPS) is 29.7. The maximum Gasteiger partial charge on any atom is 0.460 e. The molecule has 2 heterocycles. The van der Waals surface area contributed by atoms with E-state index in [1.807, 2.05) is 0 Å². The molecule has 306 valence electrons. The Bertz CT molecular complexity index is 1350. The minimum atomic E-state index is -8.39. The predicted molar refractivity (Wildman–Crippen MR) is 116 cm³/mol. The molecule has 0 spiro atoms. The summed E-state index contributed by atoms with van der Waals surface area (Å²) in [6.45, 7) is -0.725. The highest BCUT2D eigenvalue weighted by Crippen LogP contribution is 2.66. The molecule has 0 aromatic carbocycles. The Morgan fingerprint density at radius 1 is 0.288 bits per heavy atom. The van der Waals surface area contributed by atoms with Crippen molar-refractivity contribution in [2.45, 2.75) is 122 Å². The molecule has 28 heteroatoms. The molecule has 2 rings (SSSR count). The summed E-state index contributed by atoms with van der Waals surface area (Å²) in [5.74, 6) is -80.1. The maximum atomic E-state index is 15.0. The van der Waals surface area contributed by atoms with Crippen LogP contribution in [0.1, 0.15) is 27.7 Å². The third-order valence-electron chi connectivity index (χ3n) is 8.39. The zero-order chi connectivity index (χ0) is 42.2. The highest BCUT2D eigenvalue weighted by Gasteiger charge is 2.94. The monoisotopic (exact) mass is 830 g/mol. The Balaban J connectivity index is 2.60. The lowest BCUT2D eigenvalue weighted by Crippen LogP contribution is -2.74. The maximum absolute atomic E-state index is 15.0. The molecule has 0 bridgehead atoms. The van der Waals surface area contributed by atoms with E-state index in [1.54, 1.807) is 0 Å². The van der Waals surface area contributed by atoms with Crippen LogP contribution >= 0.6 is 0 Å². The van der Waals surface area contributed by atoms with Crippen molar-refractivity contribution < 1.29 is 124 Å². The van der Waals surface area contributed by atoms with Crippen LogP contribution in [-0.2, 0) is 9.47 Å². The third kappa shape index (κ3) is 5.22. The van der Waals surface area contributed by atoms with E-state index in [-0.39, 0.29) is 26.0 Å². The molecule has 0 saturated carbocycles. The Morgan fingerprint density at radius 3 is 0.673 bits per heavy atom. The number of hydrogen-bond acceptors (Lipinski definition) is 2. The lowest BCUT2D eigenvalue weighted by Gasteiger charge is -2.48. The van der Waals surface area contributed by atoms with E-state index in [1.165, 1.54) is 0 Å². The molecule has 0 aromatic heterocycles. The number of hydrogen-bond donors (Lipinski definition) is 0. The van der Waals surface area contributed by atoms with Gasteiger partial charge < -0.3 is 9.47 Å². The van der Waals surface area contributed by atoms with Gasteiger partial charge in [-0.2, -0.15) is 114 Å². The third-order valence-corrected chi connectivity index (χ3v) is 8.39. The number of rotatable bonds is 11. The lowest BCUT2D eigenvalue weighted by atomic mass is 9.85. The molecular weight excluding hydrogens is 814 g/mol. The fourth-order valence-electron chi connectivity index (χ4n) is 4.69. The molecular formula is C24H16F26O2. The summed E-state index contributed by atoms with van der Waals surface area (Å²) in [5, 5.41) is 0. The van der Waals surface area contributed by atoms with Crippen molar-refractivity contribution in [3.63, 3.8) is 0 Å².